The van der Waals surface area contributed by atoms with Crippen LogP contribution >= 0.6 is 0 Å². The van der Waals surface area contributed by atoms with Gasteiger partial charge in [0.25, 0.3) is 0 Å². The molecule has 0 saturated carbocycles. The topological polar surface area (TPSA) is 82.3 Å². The summed E-state index contributed by atoms with van der Waals surface area (Å²) in [7, 11) is 0. The Hall–Kier alpha value is -3.84. The smallest absolute Gasteiger partial charge is 0.159 e. The number of imidazole rings is 1. The van der Waals surface area contributed by atoms with Gasteiger partial charge >= 0.3 is 0 Å². The van der Waals surface area contributed by atoms with Gasteiger partial charge in [0.05, 0.1) is 28.4 Å². The van der Waals surface area contributed by atoms with Crippen molar-refractivity contribution in [3.8, 4) is 22.6 Å². The summed E-state index contributed by atoms with van der Waals surface area (Å²) in [6.45, 7) is 1.81. The predicted molar refractivity (Wildman–Crippen MR) is 120 cm³/mol. The Kier molecular flexibility index (Phi) is 4.14. The summed E-state index contributed by atoms with van der Waals surface area (Å²) in [5, 5.41) is 11.8. The molecule has 3 aromatic heterocycles. The van der Waals surface area contributed by atoms with E-state index in [0.717, 1.165) is 58.4 Å². The second-order valence-corrected chi connectivity index (χ2v) is 7.64. The van der Waals surface area contributed by atoms with E-state index in [1.807, 2.05) is 30.5 Å². The van der Waals surface area contributed by atoms with Crippen molar-refractivity contribution in [1.29, 1.82) is 0 Å². The van der Waals surface area contributed by atoms with Crippen molar-refractivity contribution in [3.05, 3.63) is 72.3 Å². The first kappa shape index (κ1) is 18.0. The lowest BCUT2D eigenvalue weighted by Crippen LogP contribution is -2.20. The van der Waals surface area contributed by atoms with Gasteiger partial charge < -0.3 is 10.3 Å². The van der Waals surface area contributed by atoms with Gasteiger partial charge in [0, 0.05) is 23.1 Å². The maximum Gasteiger partial charge on any atom is 0.159 e. The number of H-pyrrole nitrogens is 2. The van der Waals surface area contributed by atoms with Crippen LogP contribution in [0.15, 0.2) is 60.8 Å². The van der Waals surface area contributed by atoms with E-state index in [4.69, 9.17) is 4.98 Å². The first-order valence-corrected chi connectivity index (χ1v) is 10.3. The lowest BCUT2D eigenvalue weighted by atomic mass is 10.0. The second-order valence-electron chi connectivity index (χ2n) is 7.64. The molecule has 4 heterocycles. The van der Waals surface area contributed by atoms with E-state index in [2.05, 4.69) is 37.6 Å². The zero-order valence-corrected chi connectivity index (χ0v) is 16.6. The molecule has 0 spiro atoms. The van der Waals surface area contributed by atoms with Crippen LogP contribution in [0.2, 0.25) is 0 Å². The maximum absolute atomic E-state index is 14.4. The van der Waals surface area contributed by atoms with E-state index in [1.165, 1.54) is 11.6 Å². The molecule has 1 aliphatic heterocycles. The molecule has 6 nitrogen and oxygen atoms in total. The number of pyridine rings is 1. The molecule has 0 saturated heterocycles. The highest BCUT2D eigenvalue weighted by Crippen LogP contribution is 2.33. The van der Waals surface area contributed by atoms with Crippen LogP contribution in [-0.4, -0.2) is 38.2 Å². The van der Waals surface area contributed by atoms with Crippen molar-refractivity contribution in [2.24, 2.45) is 0 Å². The molecule has 0 atom stereocenters. The quantitative estimate of drug-likeness (QED) is 0.403. The Bertz CT molecular complexity index is 1460. The molecule has 7 heteroatoms. The number of hydrogen-bond acceptors (Lipinski definition) is 4. The zero-order valence-electron chi connectivity index (χ0n) is 16.6. The molecule has 6 rings (SSSR count). The highest BCUT2D eigenvalue weighted by molar-refractivity contribution is 5.97. The van der Waals surface area contributed by atoms with E-state index < -0.39 is 0 Å². The Labute approximate surface area is 177 Å². The van der Waals surface area contributed by atoms with Crippen molar-refractivity contribution in [1.82, 2.24) is 30.5 Å². The molecule has 31 heavy (non-hydrogen) atoms. The largest absolute Gasteiger partial charge is 0.336 e. The maximum atomic E-state index is 14.4. The summed E-state index contributed by atoms with van der Waals surface area (Å²) in [4.78, 5) is 12.7. The van der Waals surface area contributed by atoms with Gasteiger partial charge in [-0.05, 0) is 36.7 Å². The van der Waals surface area contributed by atoms with Crippen LogP contribution < -0.4 is 5.32 Å². The summed E-state index contributed by atoms with van der Waals surface area (Å²) in [6, 6.07) is 14.5. The molecular weight excluding hydrogens is 391 g/mol. The van der Waals surface area contributed by atoms with Gasteiger partial charge in [-0.2, -0.15) is 5.10 Å². The van der Waals surface area contributed by atoms with Crippen molar-refractivity contribution < 1.29 is 4.39 Å². The Morgan fingerprint density at radius 1 is 1.00 bits per heavy atom. The summed E-state index contributed by atoms with van der Waals surface area (Å²) in [6.07, 6.45) is 4.94. The average Bonchev–Trinajstić information content (AvgIpc) is 3.43. The summed E-state index contributed by atoms with van der Waals surface area (Å²) in [5.41, 5.74) is 6.64. The van der Waals surface area contributed by atoms with E-state index in [-0.39, 0.29) is 5.82 Å². The third-order valence-corrected chi connectivity index (χ3v) is 5.75. The monoisotopic (exact) mass is 410 g/mol. The molecular formula is C24H19FN6. The summed E-state index contributed by atoms with van der Waals surface area (Å²) in [5.74, 6) is 0.379. The summed E-state index contributed by atoms with van der Waals surface area (Å²) < 4.78 is 14.4. The minimum absolute atomic E-state index is 0.262. The molecule has 0 radical (unpaired) electrons. The molecule has 0 amide bonds. The number of hydrogen-bond donors (Lipinski definition) is 3. The SMILES string of the molecule is Fc1ccccc1-c1cccc2nc(-c3n[nH]c4cnc(C5=CCNCC5)cc34)[nH]c12. The van der Waals surface area contributed by atoms with Crippen LogP contribution in [0.5, 0.6) is 0 Å². The van der Waals surface area contributed by atoms with Crippen molar-refractivity contribution >= 4 is 27.5 Å². The molecule has 0 bridgehead atoms. The minimum atomic E-state index is -0.262. The Morgan fingerprint density at radius 3 is 2.77 bits per heavy atom. The van der Waals surface area contributed by atoms with E-state index in [9.17, 15) is 4.39 Å². The van der Waals surface area contributed by atoms with E-state index in [0.29, 0.717) is 11.4 Å². The first-order chi connectivity index (χ1) is 15.3. The molecule has 2 aromatic carbocycles. The van der Waals surface area contributed by atoms with Crippen molar-refractivity contribution in [3.63, 3.8) is 0 Å². The summed E-state index contributed by atoms with van der Waals surface area (Å²) >= 11 is 0. The van der Waals surface area contributed by atoms with Crippen LogP contribution in [0.1, 0.15) is 12.1 Å². The molecule has 0 fully saturated rings. The third kappa shape index (κ3) is 3.02. The Balaban J connectivity index is 1.50. The van der Waals surface area contributed by atoms with Gasteiger partial charge in [0.2, 0.25) is 0 Å². The second kappa shape index (κ2) is 7.14. The molecule has 5 aromatic rings. The number of halogens is 1. The molecule has 1 aliphatic rings. The van der Waals surface area contributed by atoms with Crippen LogP contribution in [-0.2, 0) is 0 Å². The molecule has 3 N–H and O–H groups in total. The number of aromatic amines is 2. The number of fused-ring (bicyclic) bond motifs is 2. The fourth-order valence-electron chi connectivity index (χ4n) is 4.18. The zero-order chi connectivity index (χ0) is 20.8. The molecule has 0 aliphatic carbocycles. The van der Waals surface area contributed by atoms with Gasteiger partial charge in [-0.15, -0.1) is 0 Å². The van der Waals surface area contributed by atoms with E-state index >= 15 is 0 Å². The minimum Gasteiger partial charge on any atom is -0.336 e. The van der Waals surface area contributed by atoms with E-state index in [1.54, 1.807) is 12.1 Å². The van der Waals surface area contributed by atoms with Gasteiger partial charge in [-0.3, -0.25) is 10.1 Å². The van der Waals surface area contributed by atoms with Crippen LogP contribution in [0.25, 0.3) is 50.2 Å². The number of benzene rings is 2. The molecule has 152 valence electrons. The standard InChI is InChI=1S/C24H19FN6/c25-18-6-2-1-4-15(18)16-5-3-7-19-22(16)29-24(28-19)23-17-12-20(14-8-10-26-11-9-14)27-13-21(17)30-31-23/h1-8,12-13,26H,9-11H2,(H,28,29)(H,30,31). The molecule has 0 unspecified atom stereocenters. The number of para-hydroxylation sites is 1. The highest BCUT2D eigenvalue weighted by Gasteiger charge is 2.17. The van der Waals surface area contributed by atoms with Crippen LogP contribution in [0, 0.1) is 5.82 Å². The first-order valence-electron chi connectivity index (χ1n) is 10.3. The average molecular weight is 410 g/mol. The van der Waals surface area contributed by atoms with Crippen LogP contribution in [0.3, 0.4) is 0 Å². The number of nitrogens with one attached hydrogen (secondary N) is 3. The lowest BCUT2D eigenvalue weighted by molar-refractivity contribution is 0.631. The Morgan fingerprint density at radius 2 is 1.90 bits per heavy atom. The van der Waals surface area contributed by atoms with Gasteiger partial charge in [0.15, 0.2) is 5.82 Å². The normalized spacial score (nSPS) is 14.3. The van der Waals surface area contributed by atoms with Gasteiger partial charge in [-0.25, -0.2) is 9.37 Å². The number of aromatic nitrogens is 5. The van der Waals surface area contributed by atoms with Gasteiger partial charge in [-0.1, -0.05) is 36.4 Å². The predicted octanol–water partition coefficient (Wildman–Crippen LogP) is 4.68. The fraction of sp³-hybridized carbons (Fsp3) is 0.125. The van der Waals surface area contributed by atoms with Crippen molar-refractivity contribution in [2.75, 3.05) is 13.1 Å². The fourth-order valence-corrected chi connectivity index (χ4v) is 4.18. The third-order valence-electron chi connectivity index (χ3n) is 5.75. The lowest BCUT2D eigenvalue weighted by Gasteiger charge is -2.13. The number of rotatable bonds is 3. The van der Waals surface area contributed by atoms with Crippen molar-refractivity contribution in [2.45, 2.75) is 6.42 Å². The van der Waals surface area contributed by atoms with Crippen LogP contribution in [0.4, 0.5) is 4.39 Å². The highest BCUT2D eigenvalue weighted by atomic mass is 19.1. The van der Waals surface area contributed by atoms with Gasteiger partial charge in [0.1, 0.15) is 11.5 Å². The number of nitrogens with zero attached hydrogens (tertiary/aromatic N) is 3.